The molecule has 0 saturated carbocycles. The predicted molar refractivity (Wildman–Crippen MR) is 70.6 cm³/mol. The van der Waals surface area contributed by atoms with Gasteiger partial charge in [0.2, 0.25) is 0 Å². The smallest absolute Gasteiger partial charge is 0.336 e. The van der Waals surface area contributed by atoms with Crippen molar-refractivity contribution in [1.82, 2.24) is 0 Å². The monoisotopic (exact) mass is 268 g/mol. The van der Waals surface area contributed by atoms with Crippen LogP contribution in [0.4, 0.5) is 0 Å². The largest absolute Gasteiger partial charge is 0.463 e. The van der Waals surface area contributed by atoms with Crippen LogP contribution in [0.25, 0.3) is 4.91 Å². The Labute approximate surface area is 106 Å². The predicted octanol–water partition coefficient (Wildman–Crippen LogP) is 2.37. The standard InChI is InChI=1S/C12H12O3S2/c1-2-15-12(13)10-8-16-17(14)11(10)9-6-4-3-5-7-9/h3-7H,2,8H2,1H3. The van der Waals surface area contributed by atoms with Gasteiger partial charge in [0.1, 0.15) is 9.83 Å². The SMILES string of the molecule is CCOC(=O)C1=C(c2ccccc2)S(=O)SC1. The van der Waals surface area contributed by atoms with Gasteiger partial charge in [-0.15, -0.1) is 0 Å². The van der Waals surface area contributed by atoms with Crippen molar-refractivity contribution in [3.63, 3.8) is 0 Å². The van der Waals surface area contributed by atoms with E-state index >= 15 is 0 Å². The lowest BCUT2D eigenvalue weighted by atomic mass is 10.1. The minimum Gasteiger partial charge on any atom is -0.463 e. The molecule has 0 radical (unpaired) electrons. The van der Waals surface area contributed by atoms with Gasteiger partial charge in [0, 0.05) is 5.75 Å². The number of hydrogen-bond acceptors (Lipinski definition) is 4. The molecular formula is C12H12O3S2. The Morgan fingerprint density at radius 1 is 1.41 bits per heavy atom. The van der Waals surface area contributed by atoms with E-state index < -0.39 is 9.83 Å². The van der Waals surface area contributed by atoms with Crippen LogP contribution in [-0.2, 0) is 19.4 Å². The van der Waals surface area contributed by atoms with Crippen molar-refractivity contribution in [2.75, 3.05) is 12.4 Å². The highest BCUT2D eigenvalue weighted by molar-refractivity contribution is 8.73. The summed E-state index contributed by atoms with van der Waals surface area (Å²) in [6, 6.07) is 9.34. The molecule has 17 heavy (non-hydrogen) atoms. The van der Waals surface area contributed by atoms with E-state index in [0.29, 0.717) is 22.8 Å². The van der Waals surface area contributed by atoms with Gasteiger partial charge < -0.3 is 4.74 Å². The zero-order chi connectivity index (χ0) is 12.3. The summed E-state index contributed by atoms with van der Waals surface area (Å²) in [7, 11) is 0.0894. The Hall–Kier alpha value is -1.07. The fourth-order valence-corrected chi connectivity index (χ4v) is 4.57. The molecule has 0 saturated heterocycles. The van der Waals surface area contributed by atoms with E-state index in [4.69, 9.17) is 4.74 Å². The molecule has 1 aromatic carbocycles. The van der Waals surface area contributed by atoms with E-state index in [1.165, 1.54) is 10.8 Å². The second-order valence-corrected chi connectivity index (χ2v) is 6.41. The maximum atomic E-state index is 11.9. The number of benzene rings is 1. The molecule has 0 aromatic heterocycles. The molecule has 0 fully saturated rings. The van der Waals surface area contributed by atoms with Gasteiger partial charge in [-0.2, -0.15) is 0 Å². The van der Waals surface area contributed by atoms with Crippen molar-refractivity contribution in [2.45, 2.75) is 6.92 Å². The van der Waals surface area contributed by atoms with Crippen LogP contribution >= 0.6 is 10.8 Å². The third-order valence-corrected chi connectivity index (χ3v) is 5.24. The second kappa shape index (κ2) is 5.51. The Kier molecular flexibility index (Phi) is 4.02. The molecule has 3 nitrogen and oxygen atoms in total. The van der Waals surface area contributed by atoms with Gasteiger partial charge in [-0.3, -0.25) is 0 Å². The molecule has 90 valence electrons. The molecule has 0 bridgehead atoms. The summed E-state index contributed by atoms with van der Waals surface area (Å²) in [5.74, 6) is 0.0973. The van der Waals surface area contributed by atoms with Crippen LogP contribution in [-0.4, -0.2) is 22.5 Å². The molecule has 0 spiro atoms. The lowest BCUT2D eigenvalue weighted by molar-refractivity contribution is -0.138. The van der Waals surface area contributed by atoms with E-state index in [2.05, 4.69) is 0 Å². The van der Waals surface area contributed by atoms with E-state index in [-0.39, 0.29) is 5.97 Å². The molecule has 0 amide bonds. The Morgan fingerprint density at radius 2 is 2.12 bits per heavy atom. The van der Waals surface area contributed by atoms with Crippen LogP contribution in [0.5, 0.6) is 0 Å². The molecule has 1 aliphatic rings. The summed E-state index contributed by atoms with van der Waals surface area (Å²) in [5.41, 5.74) is 1.36. The van der Waals surface area contributed by atoms with Gasteiger partial charge in [0.15, 0.2) is 0 Å². The van der Waals surface area contributed by atoms with Crippen molar-refractivity contribution in [2.24, 2.45) is 0 Å². The molecule has 1 heterocycles. The topological polar surface area (TPSA) is 43.4 Å². The van der Waals surface area contributed by atoms with Crippen LogP contribution in [0.1, 0.15) is 12.5 Å². The fraction of sp³-hybridized carbons (Fsp3) is 0.250. The molecular weight excluding hydrogens is 256 g/mol. The normalized spacial score (nSPS) is 19.5. The van der Waals surface area contributed by atoms with E-state index in [9.17, 15) is 9.00 Å². The van der Waals surface area contributed by atoms with Gasteiger partial charge in [-0.25, -0.2) is 9.00 Å². The van der Waals surface area contributed by atoms with Crippen LogP contribution in [0.3, 0.4) is 0 Å². The number of carbonyl (C=O) groups excluding carboxylic acids is 1. The van der Waals surface area contributed by atoms with Gasteiger partial charge in [0.25, 0.3) is 0 Å². The molecule has 1 unspecified atom stereocenters. The summed E-state index contributed by atoms with van der Waals surface area (Å²) in [6.07, 6.45) is 0. The number of carbonyl (C=O) groups is 1. The average Bonchev–Trinajstić information content (AvgIpc) is 2.73. The van der Waals surface area contributed by atoms with Crippen molar-refractivity contribution in [3.8, 4) is 0 Å². The van der Waals surface area contributed by atoms with Crippen LogP contribution in [0.15, 0.2) is 35.9 Å². The van der Waals surface area contributed by atoms with E-state index in [1.807, 2.05) is 30.3 Å². The molecule has 0 N–H and O–H groups in total. The Balaban J connectivity index is 2.42. The van der Waals surface area contributed by atoms with Crippen molar-refractivity contribution < 1.29 is 13.7 Å². The third-order valence-electron chi connectivity index (χ3n) is 2.31. The molecule has 0 aliphatic carbocycles. The second-order valence-electron chi connectivity index (χ2n) is 3.39. The number of hydrogen-bond donors (Lipinski definition) is 0. The van der Waals surface area contributed by atoms with Crippen molar-refractivity contribution >= 4 is 31.5 Å². The summed E-state index contributed by atoms with van der Waals surface area (Å²) in [5, 5.41) is 0. The van der Waals surface area contributed by atoms with Crippen LogP contribution < -0.4 is 0 Å². The first-order valence-electron chi connectivity index (χ1n) is 5.24. The first-order chi connectivity index (χ1) is 8.24. The van der Waals surface area contributed by atoms with Crippen molar-refractivity contribution in [1.29, 1.82) is 0 Å². The maximum Gasteiger partial charge on any atom is 0.336 e. The molecule has 1 atom stereocenters. The molecule has 1 aliphatic heterocycles. The first-order valence-corrected chi connectivity index (χ1v) is 7.90. The first kappa shape index (κ1) is 12.4. The summed E-state index contributed by atoms with van der Waals surface area (Å²) in [4.78, 5) is 12.4. The van der Waals surface area contributed by atoms with Gasteiger partial charge >= 0.3 is 5.97 Å². The van der Waals surface area contributed by atoms with Gasteiger partial charge in [0.05, 0.1) is 17.1 Å². The minimum atomic E-state index is -1.17. The fourth-order valence-electron chi connectivity index (χ4n) is 1.57. The molecule has 1 aromatic rings. The molecule has 5 heteroatoms. The Bertz CT molecular complexity index is 480. The summed E-state index contributed by atoms with van der Waals surface area (Å²) < 4.78 is 16.9. The Morgan fingerprint density at radius 3 is 2.76 bits per heavy atom. The highest BCUT2D eigenvalue weighted by atomic mass is 33.1. The van der Waals surface area contributed by atoms with Crippen molar-refractivity contribution in [3.05, 3.63) is 41.5 Å². The number of esters is 1. The van der Waals surface area contributed by atoms with E-state index in [0.717, 1.165) is 5.56 Å². The summed E-state index contributed by atoms with van der Waals surface area (Å²) in [6.45, 7) is 2.10. The lowest BCUT2D eigenvalue weighted by Crippen LogP contribution is -2.09. The average molecular weight is 268 g/mol. The molecule has 2 rings (SSSR count). The lowest BCUT2D eigenvalue weighted by Gasteiger charge is -2.05. The number of rotatable bonds is 3. The third kappa shape index (κ3) is 2.61. The quantitative estimate of drug-likeness (QED) is 0.623. The highest BCUT2D eigenvalue weighted by Crippen LogP contribution is 2.37. The number of ether oxygens (including phenoxy) is 1. The van der Waals surface area contributed by atoms with Gasteiger partial charge in [-0.05, 0) is 12.5 Å². The summed E-state index contributed by atoms with van der Waals surface area (Å²) >= 11 is 0. The van der Waals surface area contributed by atoms with Crippen LogP contribution in [0.2, 0.25) is 0 Å². The minimum absolute atomic E-state index is 0.335. The maximum absolute atomic E-state index is 11.9. The zero-order valence-corrected chi connectivity index (χ0v) is 11.0. The zero-order valence-electron chi connectivity index (χ0n) is 9.34. The van der Waals surface area contributed by atoms with Crippen LogP contribution in [0, 0.1) is 0 Å². The van der Waals surface area contributed by atoms with Gasteiger partial charge in [-0.1, -0.05) is 41.1 Å². The highest BCUT2D eigenvalue weighted by Gasteiger charge is 2.29. The van der Waals surface area contributed by atoms with E-state index in [1.54, 1.807) is 6.92 Å².